The molecule has 0 aromatic heterocycles. The second-order valence-electron chi connectivity index (χ2n) is 4.12. The van der Waals surface area contributed by atoms with Gasteiger partial charge in [-0.1, -0.05) is 17.7 Å². The summed E-state index contributed by atoms with van der Waals surface area (Å²) >= 11 is 6.08. The molecule has 0 aliphatic carbocycles. The molecule has 0 atom stereocenters. The average Bonchev–Trinajstić information content (AvgIpc) is 2.29. The normalized spacial score (nSPS) is 19.3. The van der Waals surface area contributed by atoms with E-state index in [9.17, 15) is 8.42 Å². The summed E-state index contributed by atoms with van der Waals surface area (Å²) in [6.07, 6.45) is 0. The number of rotatable bonds is 2. The first-order valence-electron chi connectivity index (χ1n) is 5.46. The lowest BCUT2D eigenvalue weighted by Crippen LogP contribution is -2.40. The third kappa shape index (κ3) is 2.91. The predicted octanol–water partition coefficient (Wildman–Crippen LogP) is 1.03. The summed E-state index contributed by atoms with van der Waals surface area (Å²) in [5, 5.41) is 0.637. The second-order valence-corrected chi connectivity index (χ2v) is 6.83. The highest BCUT2D eigenvalue weighted by molar-refractivity contribution is 7.91. The second kappa shape index (κ2) is 4.84. The standard InChI is InChI=1S/C11H15ClN2O2S/c12-11-7-10(2-1-9(11)8-13)14-3-5-17(15,16)6-4-14/h1-2,7H,3-6,8,13H2. The Morgan fingerprint density at radius 2 is 1.94 bits per heavy atom. The van der Waals surface area contributed by atoms with Crippen molar-refractivity contribution in [1.29, 1.82) is 0 Å². The minimum Gasteiger partial charge on any atom is -0.369 e. The molecule has 0 spiro atoms. The van der Waals surface area contributed by atoms with Crippen LogP contribution < -0.4 is 10.6 Å². The van der Waals surface area contributed by atoms with Gasteiger partial charge in [0, 0.05) is 30.3 Å². The zero-order valence-corrected chi connectivity index (χ0v) is 11.0. The van der Waals surface area contributed by atoms with Crippen LogP contribution in [0.5, 0.6) is 0 Å². The number of anilines is 1. The monoisotopic (exact) mass is 274 g/mol. The molecular weight excluding hydrogens is 260 g/mol. The Bertz CT molecular complexity index is 502. The minimum absolute atomic E-state index is 0.212. The van der Waals surface area contributed by atoms with Crippen LogP contribution in [0.2, 0.25) is 5.02 Å². The lowest BCUT2D eigenvalue weighted by molar-refractivity contribution is 0.587. The first kappa shape index (κ1) is 12.7. The van der Waals surface area contributed by atoms with E-state index in [-0.39, 0.29) is 11.5 Å². The minimum atomic E-state index is -2.84. The van der Waals surface area contributed by atoms with Crippen molar-refractivity contribution in [2.75, 3.05) is 29.5 Å². The van der Waals surface area contributed by atoms with Gasteiger partial charge in [0.25, 0.3) is 0 Å². The van der Waals surface area contributed by atoms with Crippen molar-refractivity contribution >= 4 is 27.1 Å². The quantitative estimate of drug-likeness (QED) is 0.875. The molecule has 1 aliphatic rings. The number of benzene rings is 1. The van der Waals surface area contributed by atoms with Crippen molar-refractivity contribution in [3.05, 3.63) is 28.8 Å². The van der Waals surface area contributed by atoms with Crippen molar-refractivity contribution in [1.82, 2.24) is 0 Å². The third-order valence-corrected chi connectivity index (χ3v) is 4.93. The van der Waals surface area contributed by atoms with Crippen molar-refractivity contribution in [2.45, 2.75) is 6.54 Å². The van der Waals surface area contributed by atoms with E-state index in [1.165, 1.54) is 0 Å². The molecule has 0 amide bonds. The van der Waals surface area contributed by atoms with E-state index < -0.39 is 9.84 Å². The van der Waals surface area contributed by atoms with Crippen LogP contribution in [0.25, 0.3) is 0 Å². The van der Waals surface area contributed by atoms with E-state index in [0.717, 1.165) is 11.3 Å². The Balaban J connectivity index is 2.16. The summed E-state index contributed by atoms with van der Waals surface area (Å²) < 4.78 is 22.7. The van der Waals surface area contributed by atoms with Gasteiger partial charge in [0.1, 0.15) is 0 Å². The Morgan fingerprint density at radius 1 is 1.29 bits per heavy atom. The maximum Gasteiger partial charge on any atom is 0.153 e. The summed E-state index contributed by atoms with van der Waals surface area (Å²) in [7, 11) is -2.84. The summed E-state index contributed by atoms with van der Waals surface area (Å²) in [4.78, 5) is 2.03. The van der Waals surface area contributed by atoms with Crippen LogP contribution in [0, 0.1) is 0 Å². The fraction of sp³-hybridized carbons (Fsp3) is 0.455. The van der Waals surface area contributed by atoms with Crippen LogP contribution in [-0.2, 0) is 16.4 Å². The molecule has 1 fully saturated rings. The molecule has 1 heterocycles. The Kier molecular flexibility index (Phi) is 3.61. The van der Waals surface area contributed by atoms with Crippen molar-refractivity contribution in [2.24, 2.45) is 5.73 Å². The fourth-order valence-corrected chi connectivity index (χ4v) is 3.32. The molecule has 4 nitrogen and oxygen atoms in total. The molecule has 0 unspecified atom stereocenters. The fourth-order valence-electron chi connectivity index (χ4n) is 1.87. The molecule has 1 saturated heterocycles. The van der Waals surface area contributed by atoms with Gasteiger partial charge in [0.2, 0.25) is 0 Å². The zero-order chi connectivity index (χ0) is 12.5. The van der Waals surface area contributed by atoms with Gasteiger partial charge in [0.15, 0.2) is 9.84 Å². The van der Waals surface area contributed by atoms with Gasteiger partial charge < -0.3 is 10.6 Å². The summed E-state index contributed by atoms with van der Waals surface area (Å²) in [5.74, 6) is 0.423. The molecular formula is C11H15ClN2O2S. The number of sulfone groups is 1. The highest BCUT2D eigenvalue weighted by Crippen LogP contribution is 2.24. The SMILES string of the molecule is NCc1ccc(N2CCS(=O)(=O)CC2)cc1Cl. The van der Waals surface area contributed by atoms with E-state index in [4.69, 9.17) is 17.3 Å². The molecule has 6 heteroatoms. The van der Waals surface area contributed by atoms with Crippen molar-refractivity contribution < 1.29 is 8.42 Å². The molecule has 2 rings (SSSR count). The first-order valence-corrected chi connectivity index (χ1v) is 7.65. The molecule has 0 saturated carbocycles. The predicted molar refractivity (Wildman–Crippen MR) is 70.2 cm³/mol. The number of hydrogen-bond donors (Lipinski definition) is 1. The topological polar surface area (TPSA) is 63.4 Å². The number of halogens is 1. The molecule has 1 aromatic carbocycles. The molecule has 0 bridgehead atoms. The largest absolute Gasteiger partial charge is 0.369 e. The van der Waals surface area contributed by atoms with Gasteiger partial charge in [-0.2, -0.15) is 0 Å². The van der Waals surface area contributed by atoms with Gasteiger partial charge in [-0.15, -0.1) is 0 Å². The van der Waals surface area contributed by atoms with E-state index in [0.29, 0.717) is 24.7 Å². The van der Waals surface area contributed by atoms with Crippen molar-refractivity contribution in [3.63, 3.8) is 0 Å². The molecule has 1 aliphatic heterocycles. The lowest BCUT2D eigenvalue weighted by Gasteiger charge is -2.29. The highest BCUT2D eigenvalue weighted by Gasteiger charge is 2.21. The smallest absolute Gasteiger partial charge is 0.153 e. The van der Waals surface area contributed by atoms with Crippen LogP contribution in [0.4, 0.5) is 5.69 Å². The Labute approximate surface area is 106 Å². The van der Waals surface area contributed by atoms with E-state index in [1.54, 1.807) is 0 Å². The van der Waals surface area contributed by atoms with Gasteiger partial charge in [-0.05, 0) is 17.7 Å². The summed E-state index contributed by atoms with van der Waals surface area (Å²) in [6.45, 7) is 1.47. The van der Waals surface area contributed by atoms with E-state index in [1.807, 2.05) is 23.1 Å². The maximum atomic E-state index is 11.3. The number of nitrogens with zero attached hydrogens (tertiary/aromatic N) is 1. The molecule has 1 aromatic rings. The van der Waals surface area contributed by atoms with Crippen molar-refractivity contribution in [3.8, 4) is 0 Å². The summed E-state index contributed by atoms with van der Waals surface area (Å²) in [5.41, 5.74) is 7.40. The van der Waals surface area contributed by atoms with Crippen LogP contribution in [0.1, 0.15) is 5.56 Å². The maximum absolute atomic E-state index is 11.3. The van der Waals surface area contributed by atoms with Gasteiger partial charge in [0.05, 0.1) is 11.5 Å². The first-order chi connectivity index (χ1) is 8.02. The Morgan fingerprint density at radius 3 is 2.47 bits per heavy atom. The van der Waals surface area contributed by atoms with Crippen LogP contribution >= 0.6 is 11.6 Å². The third-order valence-electron chi connectivity index (χ3n) is 2.97. The summed E-state index contributed by atoms with van der Waals surface area (Å²) in [6, 6.07) is 5.68. The lowest BCUT2D eigenvalue weighted by atomic mass is 10.2. The van der Waals surface area contributed by atoms with Crippen LogP contribution in [-0.4, -0.2) is 33.0 Å². The molecule has 17 heavy (non-hydrogen) atoms. The Hall–Kier alpha value is -0.780. The number of hydrogen-bond acceptors (Lipinski definition) is 4. The average molecular weight is 275 g/mol. The van der Waals surface area contributed by atoms with E-state index >= 15 is 0 Å². The van der Waals surface area contributed by atoms with Gasteiger partial charge in [-0.3, -0.25) is 0 Å². The number of nitrogens with two attached hydrogens (primary N) is 1. The van der Waals surface area contributed by atoms with E-state index in [2.05, 4.69) is 0 Å². The molecule has 0 radical (unpaired) electrons. The molecule has 2 N–H and O–H groups in total. The van der Waals surface area contributed by atoms with Gasteiger partial charge in [-0.25, -0.2) is 8.42 Å². The van der Waals surface area contributed by atoms with Crippen LogP contribution in [0.15, 0.2) is 18.2 Å². The van der Waals surface area contributed by atoms with Gasteiger partial charge >= 0.3 is 0 Å². The molecule has 94 valence electrons. The van der Waals surface area contributed by atoms with Crippen LogP contribution in [0.3, 0.4) is 0 Å². The highest BCUT2D eigenvalue weighted by atomic mass is 35.5. The zero-order valence-electron chi connectivity index (χ0n) is 9.39.